The lowest BCUT2D eigenvalue weighted by Gasteiger charge is -2.43. The molecule has 4 aliphatic heterocycles. The molecule has 0 saturated carbocycles. The first kappa shape index (κ1) is 101. The Hall–Kier alpha value is -5.61. The molecule has 4 unspecified atom stereocenters. The number of esters is 1. The van der Waals surface area contributed by atoms with E-state index in [-0.39, 0.29) is 88.1 Å². The van der Waals surface area contributed by atoms with Crippen molar-refractivity contribution in [2.24, 2.45) is 35.5 Å². The van der Waals surface area contributed by atoms with E-state index in [1.165, 1.54) is 110 Å². The molecule has 0 aliphatic carbocycles. The van der Waals surface area contributed by atoms with Gasteiger partial charge in [-0.1, -0.05) is 145 Å². The second kappa shape index (κ2) is 50.8. The molecule has 118 heavy (non-hydrogen) atoms. The highest BCUT2D eigenvalue weighted by atomic mass is 16.7. The van der Waals surface area contributed by atoms with E-state index >= 15 is 0 Å². The van der Waals surface area contributed by atoms with Gasteiger partial charge in [0.2, 0.25) is 17.7 Å². The molecule has 4 heterocycles. The average molecular weight is 1670 g/mol. The Morgan fingerprint density at radius 2 is 0.924 bits per heavy atom. The zero-order chi connectivity index (χ0) is 87.0. The maximum atomic E-state index is 14.2. The van der Waals surface area contributed by atoms with Gasteiger partial charge in [0, 0.05) is 38.4 Å². The SMILES string of the molecule is CCOC(=O)[C@H](CCCCNC(=O)[C@H](CCCCNC(=O)CCOc1c(C)c(C)c2c(c1C)CC[C@@](C)(CCC[C@H](C)CCC[C@H](C)CCCC(C)C)O2)NC(=O)CCOc1c(C)c(C)c2c(c1C)CC[C@@](C)(CCC[C@H](C)CCC[C@H](C)CCCC(C)C)O2)NC(=O)O[C@@H]1C(O)[C@@H](OC)OC(CO[C@@H]2OC(COC)[C@@H](O)[C@H](O)C2O)[C@H]1O. The predicted octanol–water partition coefficient (Wildman–Crippen LogP) is 14.5. The Morgan fingerprint density at radius 3 is 1.40 bits per heavy atom. The Labute approximate surface area is 707 Å². The van der Waals surface area contributed by atoms with Gasteiger partial charge in [-0.25, -0.2) is 9.59 Å². The molecule has 676 valence electrons. The molecule has 2 aromatic rings. The van der Waals surface area contributed by atoms with Crippen molar-refractivity contribution in [3.63, 3.8) is 0 Å². The third kappa shape index (κ3) is 31.9. The summed E-state index contributed by atoms with van der Waals surface area (Å²) in [6, 6.07) is -2.23. The van der Waals surface area contributed by atoms with Crippen LogP contribution in [0.25, 0.3) is 0 Å². The molecule has 4 aliphatic rings. The van der Waals surface area contributed by atoms with Gasteiger partial charge in [-0.2, -0.15) is 0 Å². The van der Waals surface area contributed by atoms with Crippen LogP contribution >= 0.6 is 0 Å². The van der Waals surface area contributed by atoms with Crippen LogP contribution in [0.4, 0.5) is 4.79 Å². The molecular formula is C93H158N4O21. The fraction of sp³-hybridized carbons (Fsp3) is 0.817. The van der Waals surface area contributed by atoms with Crippen LogP contribution in [-0.4, -0.2) is 200 Å². The smallest absolute Gasteiger partial charge is 0.408 e. The van der Waals surface area contributed by atoms with Crippen molar-refractivity contribution in [2.45, 2.75) is 395 Å². The summed E-state index contributed by atoms with van der Waals surface area (Å²) in [6.07, 6.45) is 11.2. The second-order valence-electron chi connectivity index (χ2n) is 36.7. The van der Waals surface area contributed by atoms with Gasteiger partial charge < -0.3 is 98.9 Å². The third-order valence-electron chi connectivity index (χ3n) is 25.3. The van der Waals surface area contributed by atoms with E-state index in [0.29, 0.717) is 37.6 Å². The minimum atomic E-state index is -1.77. The topological polar surface area (TPSA) is 336 Å². The molecule has 0 aromatic heterocycles. The minimum absolute atomic E-state index is 0.0138. The van der Waals surface area contributed by atoms with E-state index < -0.39 is 98.1 Å². The first-order chi connectivity index (χ1) is 56.0. The van der Waals surface area contributed by atoms with Crippen LogP contribution in [0.5, 0.6) is 23.0 Å². The molecule has 0 bridgehead atoms. The van der Waals surface area contributed by atoms with Gasteiger partial charge in [-0.3, -0.25) is 14.4 Å². The van der Waals surface area contributed by atoms with E-state index in [0.717, 1.165) is 137 Å². The van der Waals surface area contributed by atoms with Crippen molar-refractivity contribution < 1.29 is 102 Å². The number of aliphatic hydroxyl groups is 5. The number of unbranched alkanes of at least 4 members (excludes halogenated alkanes) is 2. The van der Waals surface area contributed by atoms with Gasteiger partial charge in [-0.15, -0.1) is 0 Å². The highest BCUT2D eigenvalue weighted by Crippen LogP contribution is 2.47. The molecule has 9 N–H and O–H groups in total. The van der Waals surface area contributed by atoms with Gasteiger partial charge in [-0.05, 0) is 221 Å². The number of methoxy groups -OCH3 is 2. The number of fused-ring (bicyclic) bond motifs is 2. The largest absolute Gasteiger partial charge is 0.492 e. The summed E-state index contributed by atoms with van der Waals surface area (Å²) < 4.78 is 65.0. The lowest BCUT2D eigenvalue weighted by Crippen LogP contribution is -2.62. The molecule has 25 nitrogen and oxygen atoms in total. The lowest BCUT2D eigenvalue weighted by atomic mass is 9.83. The molecule has 25 heteroatoms. The maximum absolute atomic E-state index is 14.2. The first-order valence-corrected chi connectivity index (χ1v) is 45.3. The minimum Gasteiger partial charge on any atom is -0.492 e. The average Bonchev–Trinajstić information content (AvgIpc) is 0.760. The highest BCUT2D eigenvalue weighted by Gasteiger charge is 2.50. The molecular weight excluding hydrogens is 1510 g/mol. The van der Waals surface area contributed by atoms with Crippen LogP contribution < -0.4 is 40.2 Å². The van der Waals surface area contributed by atoms with Gasteiger partial charge in [0.05, 0.1) is 45.9 Å². The Morgan fingerprint density at radius 1 is 0.475 bits per heavy atom. The highest BCUT2D eigenvalue weighted by molar-refractivity contribution is 5.87. The lowest BCUT2D eigenvalue weighted by molar-refractivity contribution is -0.328. The number of hydrogen-bond acceptors (Lipinski definition) is 21. The van der Waals surface area contributed by atoms with E-state index in [4.69, 9.17) is 52.1 Å². The molecule has 2 aromatic carbocycles. The summed E-state index contributed by atoms with van der Waals surface area (Å²) in [4.78, 5) is 68.5. The van der Waals surface area contributed by atoms with Crippen molar-refractivity contribution in [3.8, 4) is 23.0 Å². The van der Waals surface area contributed by atoms with Crippen LogP contribution in [0.15, 0.2) is 0 Å². The van der Waals surface area contributed by atoms with Crippen molar-refractivity contribution in [1.29, 1.82) is 0 Å². The molecule has 18 atom stereocenters. The summed E-state index contributed by atoms with van der Waals surface area (Å²) in [5.74, 6) is 6.16. The van der Waals surface area contributed by atoms with Gasteiger partial charge in [0.25, 0.3) is 0 Å². The molecule has 4 amide bonds. The van der Waals surface area contributed by atoms with Crippen LogP contribution in [0.3, 0.4) is 0 Å². The quantitative estimate of drug-likeness (QED) is 0.0219. The zero-order valence-electron chi connectivity index (χ0n) is 75.8. The number of ether oxygens (including phenoxy) is 11. The number of hydrogen-bond donors (Lipinski definition) is 9. The summed E-state index contributed by atoms with van der Waals surface area (Å²) in [5, 5.41) is 65.4. The fourth-order valence-electron chi connectivity index (χ4n) is 17.3. The van der Waals surface area contributed by atoms with E-state index in [2.05, 4.69) is 125 Å². The molecule has 6 rings (SSSR count). The van der Waals surface area contributed by atoms with Crippen molar-refractivity contribution in [2.75, 3.05) is 60.3 Å². The second-order valence-corrected chi connectivity index (χ2v) is 36.7. The summed E-state index contributed by atoms with van der Waals surface area (Å²) >= 11 is 0. The number of aliphatic hydroxyl groups excluding tert-OH is 5. The van der Waals surface area contributed by atoms with Crippen LogP contribution in [0.1, 0.15) is 300 Å². The number of amides is 4. The Balaban J connectivity index is 1.02. The number of rotatable bonds is 54. The third-order valence-corrected chi connectivity index (χ3v) is 25.3. The number of nitrogens with one attached hydrogen (secondary N) is 4. The molecule has 2 fully saturated rings. The Bertz CT molecular complexity index is 3370. The van der Waals surface area contributed by atoms with Crippen LogP contribution in [0.2, 0.25) is 0 Å². The van der Waals surface area contributed by atoms with Gasteiger partial charge >= 0.3 is 12.1 Å². The van der Waals surface area contributed by atoms with Gasteiger partial charge in [0.15, 0.2) is 18.7 Å². The standard InChI is InChI=1S/C93H158N4O21/c1-20-110-88(106)72(97-91(107)116-86-78(101)74(114-89(109-19)81(86)104)56-113-90-80(103)79(102)77(100)73(115-90)55-108-18)42-22-24-52-95-87(105)71(96-76(99)46-54-112-83-64(11)66(13)85-70(68(83)15)44-50-93(17,118-85)48-30-40-62(9)38-28-36-60(7)34-26-32-58(4)5)41-21-23-51-94-75(98)45-53-111-82-63(10)65(12)84-69(67(82)14)43-49-92(16,117-84)47-29-39-61(8)37-27-35-59(6)33-25-31-57(2)3/h57-62,71-74,77-81,86,89-90,100-104H,20-56H2,1-19H3,(H,94,98)(H,95,105)(H,96,99)(H,97,107)/t59-,60-,61-,62-,71+,72+,73?,74?,77-,78-,79+,80?,81?,86+,89+,90-,92-,93-/m1/s1. The van der Waals surface area contributed by atoms with Crippen LogP contribution in [-0.2, 0) is 65.2 Å². The van der Waals surface area contributed by atoms with Crippen molar-refractivity contribution in [3.05, 3.63) is 44.5 Å². The fourth-order valence-corrected chi connectivity index (χ4v) is 17.3. The first-order valence-electron chi connectivity index (χ1n) is 45.3. The number of benzene rings is 2. The van der Waals surface area contributed by atoms with Crippen molar-refractivity contribution >= 4 is 29.8 Å². The number of carbonyl (C=O) groups excluding carboxylic acids is 5. The summed E-state index contributed by atoms with van der Waals surface area (Å²) in [6.45, 7) is 37.4. The van der Waals surface area contributed by atoms with E-state index in [1.807, 2.05) is 6.92 Å². The summed E-state index contributed by atoms with van der Waals surface area (Å²) in [5.41, 5.74) is 7.91. The number of carbonyl (C=O) groups is 5. The number of alkyl carbamates (subject to hydrolysis) is 1. The predicted molar refractivity (Wildman–Crippen MR) is 457 cm³/mol. The molecule has 0 radical (unpaired) electrons. The zero-order valence-corrected chi connectivity index (χ0v) is 75.8. The van der Waals surface area contributed by atoms with Crippen molar-refractivity contribution in [1.82, 2.24) is 21.3 Å². The molecule has 0 spiro atoms. The maximum Gasteiger partial charge on any atom is 0.408 e. The van der Waals surface area contributed by atoms with E-state index in [1.54, 1.807) is 6.92 Å². The molecule has 2 saturated heterocycles. The van der Waals surface area contributed by atoms with Crippen LogP contribution in [0, 0.1) is 77.0 Å². The normalized spacial score (nSPS) is 24.6. The monoisotopic (exact) mass is 1670 g/mol. The summed E-state index contributed by atoms with van der Waals surface area (Å²) in [7, 11) is 2.56. The Kier molecular flexibility index (Phi) is 43.6. The van der Waals surface area contributed by atoms with Gasteiger partial charge in [0.1, 0.15) is 89.0 Å². The van der Waals surface area contributed by atoms with E-state index in [9.17, 15) is 49.5 Å².